The van der Waals surface area contributed by atoms with Crippen molar-refractivity contribution in [3.8, 4) is 0 Å². The van der Waals surface area contributed by atoms with Crippen LogP contribution in [0.2, 0.25) is 0 Å². The van der Waals surface area contributed by atoms with E-state index in [1.165, 1.54) is 30.0 Å². The number of hydrogen-bond donors (Lipinski definition) is 1. The highest BCUT2D eigenvalue weighted by Crippen LogP contribution is 2.30. The molecule has 24 heavy (non-hydrogen) atoms. The maximum atomic E-state index is 12.2. The number of anilines is 2. The van der Waals surface area contributed by atoms with Crippen LogP contribution >= 0.6 is 0 Å². The molecule has 1 N–H and O–H groups in total. The molecule has 1 aliphatic carbocycles. The summed E-state index contributed by atoms with van der Waals surface area (Å²) in [6, 6.07) is 5.47. The van der Waals surface area contributed by atoms with E-state index in [1.807, 2.05) is 19.1 Å². The molecule has 3 rings (SSSR count). The normalized spacial score (nSPS) is 20.5. The summed E-state index contributed by atoms with van der Waals surface area (Å²) in [6.45, 7) is 2.44. The van der Waals surface area contributed by atoms with Gasteiger partial charge in [0.1, 0.15) is 0 Å². The molecule has 132 valence electrons. The fourth-order valence-corrected chi connectivity index (χ4v) is 5.23. The molecule has 0 radical (unpaired) electrons. The Morgan fingerprint density at radius 3 is 2.67 bits per heavy atom. The predicted molar refractivity (Wildman–Crippen MR) is 96.8 cm³/mol. The second-order valence-corrected chi connectivity index (χ2v) is 8.99. The Bertz CT molecular complexity index is 709. The number of sulfonamides is 1. The Labute approximate surface area is 144 Å². The van der Waals surface area contributed by atoms with Crippen molar-refractivity contribution in [1.29, 1.82) is 0 Å². The average molecular weight is 350 g/mol. The molecule has 0 bridgehead atoms. The van der Waals surface area contributed by atoms with Crippen molar-refractivity contribution in [3.63, 3.8) is 0 Å². The minimum atomic E-state index is -3.20. The first kappa shape index (κ1) is 17.3. The van der Waals surface area contributed by atoms with Crippen LogP contribution in [0.1, 0.15) is 50.5 Å². The van der Waals surface area contributed by atoms with Crippen LogP contribution in [0.25, 0.3) is 0 Å². The first-order valence-electron chi connectivity index (χ1n) is 8.86. The van der Waals surface area contributed by atoms with Gasteiger partial charge in [0.05, 0.1) is 11.4 Å². The zero-order valence-corrected chi connectivity index (χ0v) is 15.1. The van der Waals surface area contributed by atoms with Gasteiger partial charge in [0.2, 0.25) is 15.9 Å². The van der Waals surface area contributed by atoms with Gasteiger partial charge in [-0.05, 0) is 43.4 Å². The van der Waals surface area contributed by atoms with Crippen LogP contribution in [0.5, 0.6) is 0 Å². The van der Waals surface area contributed by atoms with Gasteiger partial charge in [-0.2, -0.15) is 0 Å². The zero-order chi connectivity index (χ0) is 17.2. The Morgan fingerprint density at radius 1 is 1.25 bits per heavy atom. The molecule has 0 spiro atoms. The van der Waals surface area contributed by atoms with Crippen LogP contribution < -0.4 is 9.62 Å². The summed E-state index contributed by atoms with van der Waals surface area (Å²) in [7, 11) is -3.20. The molecule has 5 nitrogen and oxygen atoms in total. The number of rotatable bonds is 5. The predicted octanol–water partition coefficient (Wildman–Crippen LogP) is 3.44. The molecular weight excluding hydrogens is 324 g/mol. The number of carbonyl (C=O) groups excluding carboxylic acids is 1. The van der Waals surface area contributed by atoms with E-state index in [2.05, 4.69) is 5.32 Å². The van der Waals surface area contributed by atoms with Gasteiger partial charge >= 0.3 is 0 Å². The van der Waals surface area contributed by atoms with E-state index >= 15 is 0 Å². The van der Waals surface area contributed by atoms with Crippen molar-refractivity contribution in [2.45, 2.75) is 51.9 Å². The third-order valence-corrected chi connectivity index (χ3v) is 7.01. The summed E-state index contributed by atoms with van der Waals surface area (Å²) >= 11 is 0. The van der Waals surface area contributed by atoms with E-state index in [1.54, 1.807) is 6.07 Å². The summed E-state index contributed by atoms with van der Waals surface area (Å²) in [4.78, 5) is 12.2. The standard InChI is InChI=1S/C18H26N2O3S/c1-14-7-9-16(20-11-4-12-24(20,22)23)13-17(14)19-18(21)10-8-15-5-2-3-6-15/h7,9,13,15H,2-6,8,10-12H2,1H3,(H,19,21). The first-order valence-corrected chi connectivity index (χ1v) is 10.5. The molecule has 1 aromatic rings. The van der Waals surface area contributed by atoms with E-state index in [0.29, 0.717) is 36.7 Å². The fourth-order valence-electron chi connectivity index (χ4n) is 3.68. The van der Waals surface area contributed by atoms with Gasteiger partial charge in [-0.15, -0.1) is 0 Å². The van der Waals surface area contributed by atoms with E-state index in [9.17, 15) is 13.2 Å². The van der Waals surface area contributed by atoms with Crippen molar-refractivity contribution in [2.75, 3.05) is 21.9 Å². The number of hydrogen-bond acceptors (Lipinski definition) is 3. The van der Waals surface area contributed by atoms with Gasteiger partial charge in [-0.1, -0.05) is 31.7 Å². The molecule has 1 aromatic carbocycles. The third kappa shape index (κ3) is 3.91. The molecule has 2 fully saturated rings. The lowest BCUT2D eigenvalue weighted by atomic mass is 10.0. The molecule has 2 aliphatic rings. The molecule has 0 aromatic heterocycles. The highest BCUT2D eigenvalue weighted by atomic mass is 32.2. The SMILES string of the molecule is Cc1ccc(N2CCCS2(=O)=O)cc1NC(=O)CCC1CCCC1. The Balaban J connectivity index is 1.66. The number of nitrogens with zero attached hydrogens (tertiary/aromatic N) is 1. The fraction of sp³-hybridized carbons (Fsp3) is 0.611. The maximum absolute atomic E-state index is 12.2. The smallest absolute Gasteiger partial charge is 0.235 e. The van der Waals surface area contributed by atoms with E-state index < -0.39 is 10.0 Å². The molecule has 1 aliphatic heterocycles. The Kier molecular flexibility index (Phi) is 5.13. The zero-order valence-electron chi connectivity index (χ0n) is 14.3. The second-order valence-electron chi connectivity index (χ2n) is 6.98. The van der Waals surface area contributed by atoms with Crippen molar-refractivity contribution in [1.82, 2.24) is 0 Å². The lowest BCUT2D eigenvalue weighted by Gasteiger charge is -2.19. The van der Waals surface area contributed by atoms with Crippen LogP contribution in [-0.2, 0) is 14.8 Å². The topological polar surface area (TPSA) is 66.5 Å². The van der Waals surface area contributed by atoms with Crippen molar-refractivity contribution in [2.24, 2.45) is 5.92 Å². The van der Waals surface area contributed by atoms with Crippen LogP contribution in [0.15, 0.2) is 18.2 Å². The quantitative estimate of drug-likeness (QED) is 0.884. The van der Waals surface area contributed by atoms with Gasteiger partial charge in [-0.25, -0.2) is 8.42 Å². The van der Waals surface area contributed by atoms with Gasteiger partial charge in [0, 0.05) is 18.7 Å². The Morgan fingerprint density at radius 2 is 2.00 bits per heavy atom. The van der Waals surface area contributed by atoms with Crippen LogP contribution in [-0.4, -0.2) is 26.6 Å². The minimum absolute atomic E-state index is 0.0198. The van der Waals surface area contributed by atoms with E-state index in [-0.39, 0.29) is 11.7 Å². The third-order valence-electron chi connectivity index (χ3n) is 5.14. The van der Waals surface area contributed by atoms with E-state index in [4.69, 9.17) is 0 Å². The number of amides is 1. The molecule has 1 saturated heterocycles. The monoisotopic (exact) mass is 350 g/mol. The van der Waals surface area contributed by atoms with Gasteiger partial charge in [0.15, 0.2) is 0 Å². The highest BCUT2D eigenvalue weighted by Gasteiger charge is 2.28. The van der Waals surface area contributed by atoms with Gasteiger partial charge in [-0.3, -0.25) is 9.10 Å². The van der Waals surface area contributed by atoms with Crippen LogP contribution in [0.4, 0.5) is 11.4 Å². The minimum Gasteiger partial charge on any atom is -0.326 e. The van der Waals surface area contributed by atoms with Crippen molar-refractivity contribution >= 4 is 27.3 Å². The number of carbonyl (C=O) groups is 1. The summed E-state index contributed by atoms with van der Waals surface area (Å²) in [5.41, 5.74) is 2.31. The van der Waals surface area contributed by atoms with Crippen molar-refractivity contribution < 1.29 is 13.2 Å². The molecule has 0 unspecified atom stereocenters. The highest BCUT2D eigenvalue weighted by molar-refractivity contribution is 7.93. The second kappa shape index (κ2) is 7.13. The molecule has 1 saturated carbocycles. The molecular formula is C18H26N2O3S. The molecule has 1 amide bonds. The lowest BCUT2D eigenvalue weighted by Crippen LogP contribution is -2.25. The van der Waals surface area contributed by atoms with E-state index in [0.717, 1.165) is 12.0 Å². The molecule has 1 heterocycles. The Hall–Kier alpha value is -1.56. The molecule has 6 heteroatoms. The van der Waals surface area contributed by atoms with Gasteiger partial charge in [0.25, 0.3) is 0 Å². The largest absolute Gasteiger partial charge is 0.326 e. The van der Waals surface area contributed by atoms with Crippen LogP contribution in [0.3, 0.4) is 0 Å². The summed E-state index contributed by atoms with van der Waals surface area (Å²) in [5, 5.41) is 2.96. The number of nitrogens with one attached hydrogen (secondary N) is 1. The van der Waals surface area contributed by atoms with Gasteiger partial charge < -0.3 is 5.32 Å². The van der Waals surface area contributed by atoms with Crippen LogP contribution in [0, 0.1) is 12.8 Å². The molecule has 0 atom stereocenters. The summed E-state index contributed by atoms with van der Waals surface area (Å²) < 4.78 is 25.6. The first-order chi connectivity index (χ1) is 11.5. The average Bonchev–Trinajstić information content (AvgIpc) is 3.16. The summed E-state index contributed by atoms with van der Waals surface area (Å²) in [6.07, 6.45) is 7.21. The lowest BCUT2D eigenvalue weighted by molar-refractivity contribution is -0.116. The number of aryl methyl sites for hydroxylation is 1. The maximum Gasteiger partial charge on any atom is 0.235 e. The number of benzene rings is 1. The van der Waals surface area contributed by atoms with Crippen molar-refractivity contribution in [3.05, 3.63) is 23.8 Å². The summed E-state index contributed by atoms with van der Waals surface area (Å²) in [5.74, 6) is 0.911.